The molecule has 122 valence electrons. The van der Waals surface area contributed by atoms with Crippen LogP contribution >= 0.6 is 11.6 Å². The molecule has 0 radical (unpaired) electrons. The lowest BCUT2D eigenvalue weighted by Crippen LogP contribution is -2.35. The van der Waals surface area contributed by atoms with Gasteiger partial charge in [-0.2, -0.15) is 4.31 Å². The van der Waals surface area contributed by atoms with Gasteiger partial charge in [0.1, 0.15) is 11.3 Å². The molecule has 0 bridgehead atoms. The quantitative estimate of drug-likeness (QED) is 0.845. The van der Waals surface area contributed by atoms with Crippen LogP contribution in [0.5, 0.6) is 0 Å². The van der Waals surface area contributed by atoms with E-state index in [1.165, 1.54) is 10.6 Å². The van der Waals surface area contributed by atoms with Crippen LogP contribution < -0.4 is 4.90 Å². The van der Waals surface area contributed by atoms with Gasteiger partial charge in [0.15, 0.2) is 5.82 Å². The van der Waals surface area contributed by atoms with Crippen LogP contribution in [-0.4, -0.2) is 48.9 Å². The first-order chi connectivity index (χ1) is 11.1. The number of aromatic nitrogens is 2. The molecule has 2 heterocycles. The molecule has 0 aliphatic carbocycles. The van der Waals surface area contributed by atoms with E-state index in [0.29, 0.717) is 48.3 Å². The standard InChI is InChI=1S/C15H17ClN4O2S/c16-14-11-17-12-18-15(14)19-7-4-8-20(10-9-19)23(21,22)13-5-2-1-3-6-13/h1-3,5-6,11-12H,4,7-10H2. The average molecular weight is 353 g/mol. The first kappa shape index (κ1) is 16.2. The fraction of sp³-hybridized carbons (Fsp3) is 0.333. The van der Waals surface area contributed by atoms with Gasteiger partial charge in [-0.05, 0) is 18.6 Å². The van der Waals surface area contributed by atoms with E-state index in [9.17, 15) is 8.42 Å². The Labute approximate surface area is 140 Å². The van der Waals surface area contributed by atoms with E-state index in [2.05, 4.69) is 9.97 Å². The van der Waals surface area contributed by atoms with Crippen LogP contribution in [0.1, 0.15) is 6.42 Å². The van der Waals surface area contributed by atoms with Crippen molar-refractivity contribution >= 4 is 27.4 Å². The summed E-state index contributed by atoms with van der Waals surface area (Å²) in [6, 6.07) is 8.52. The molecule has 2 aromatic rings. The summed E-state index contributed by atoms with van der Waals surface area (Å²) in [6.45, 7) is 2.13. The van der Waals surface area contributed by atoms with Gasteiger partial charge in [-0.1, -0.05) is 29.8 Å². The Hall–Kier alpha value is -1.70. The maximum atomic E-state index is 12.7. The monoisotopic (exact) mass is 352 g/mol. The van der Waals surface area contributed by atoms with Gasteiger partial charge in [0.05, 0.1) is 11.1 Å². The van der Waals surface area contributed by atoms with Crippen LogP contribution in [0.25, 0.3) is 0 Å². The van der Waals surface area contributed by atoms with Crippen molar-refractivity contribution in [1.29, 1.82) is 0 Å². The summed E-state index contributed by atoms with van der Waals surface area (Å²) in [5.74, 6) is 0.653. The van der Waals surface area contributed by atoms with Crippen molar-refractivity contribution in [3.8, 4) is 0 Å². The first-order valence-electron chi connectivity index (χ1n) is 7.35. The van der Waals surface area contributed by atoms with Gasteiger partial charge in [-0.3, -0.25) is 0 Å². The third kappa shape index (κ3) is 3.46. The van der Waals surface area contributed by atoms with Crippen LogP contribution in [0.2, 0.25) is 5.02 Å². The van der Waals surface area contributed by atoms with Crippen LogP contribution in [0.15, 0.2) is 47.8 Å². The zero-order chi connectivity index (χ0) is 16.3. The average Bonchev–Trinajstić information content (AvgIpc) is 2.83. The summed E-state index contributed by atoms with van der Waals surface area (Å²) < 4.78 is 26.9. The van der Waals surface area contributed by atoms with Crippen molar-refractivity contribution < 1.29 is 8.42 Å². The van der Waals surface area contributed by atoms with Crippen LogP contribution in [-0.2, 0) is 10.0 Å². The highest BCUT2D eigenvalue weighted by Gasteiger charge is 2.27. The molecule has 0 unspecified atom stereocenters. The fourth-order valence-electron chi connectivity index (χ4n) is 2.63. The maximum Gasteiger partial charge on any atom is 0.243 e. The second kappa shape index (κ2) is 6.82. The van der Waals surface area contributed by atoms with Gasteiger partial charge in [-0.15, -0.1) is 0 Å². The number of anilines is 1. The number of rotatable bonds is 3. The molecule has 6 nitrogen and oxygen atoms in total. The highest BCUT2D eigenvalue weighted by Crippen LogP contribution is 2.24. The summed E-state index contributed by atoms with van der Waals surface area (Å²) in [5.41, 5.74) is 0. The molecule has 1 fully saturated rings. The Bertz CT molecular complexity index is 770. The van der Waals surface area contributed by atoms with Crippen LogP contribution in [0.4, 0.5) is 5.82 Å². The van der Waals surface area contributed by atoms with Crippen molar-refractivity contribution in [2.24, 2.45) is 0 Å². The molecule has 1 aromatic carbocycles. The van der Waals surface area contributed by atoms with Crippen molar-refractivity contribution in [2.75, 3.05) is 31.1 Å². The van der Waals surface area contributed by atoms with Gasteiger partial charge < -0.3 is 4.90 Å². The van der Waals surface area contributed by atoms with Gasteiger partial charge in [0.25, 0.3) is 0 Å². The summed E-state index contributed by atoms with van der Waals surface area (Å²) in [4.78, 5) is 10.4. The van der Waals surface area contributed by atoms with E-state index >= 15 is 0 Å². The number of sulfonamides is 1. The van der Waals surface area contributed by atoms with Crippen LogP contribution in [0.3, 0.4) is 0 Å². The van der Waals surface area contributed by atoms with E-state index in [0.717, 1.165) is 0 Å². The van der Waals surface area contributed by atoms with Gasteiger partial charge in [0, 0.05) is 26.2 Å². The highest BCUT2D eigenvalue weighted by molar-refractivity contribution is 7.89. The number of hydrogen-bond donors (Lipinski definition) is 0. The maximum absolute atomic E-state index is 12.7. The Morgan fingerprint density at radius 2 is 1.83 bits per heavy atom. The molecule has 8 heteroatoms. The molecule has 1 aliphatic heterocycles. The van der Waals surface area contributed by atoms with E-state index < -0.39 is 10.0 Å². The third-order valence-corrected chi connectivity index (χ3v) is 5.96. The second-order valence-electron chi connectivity index (χ2n) is 5.25. The van der Waals surface area contributed by atoms with Crippen LogP contribution in [0, 0.1) is 0 Å². The molecule has 0 amide bonds. The number of halogens is 1. The Balaban J connectivity index is 1.78. The van der Waals surface area contributed by atoms with Crippen molar-refractivity contribution in [3.63, 3.8) is 0 Å². The molecule has 0 spiro atoms. The molecular weight excluding hydrogens is 336 g/mol. The largest absolute Gasteiger partial charge is 0.354 e. The zero-order valence-electron chi connectivity index (χ0n) is 12.5. The minimum atomic E-state index is -3.46. The minimum Gasteiger partial charge on any atom is -0.354 e. The molecule has 0 N–H and O–H groups in total. The molecule has 0 atom stereocenters. The highest BCUT2D eigenvalue weighted by atomic mass is 35.5. The topological polar surface area (TPSA) is 66.4 Å². The predicted octanol–water partition coefficient (Wildman–Crippen LogP) is 2.03. The normalized spacial score (nSPS) is 17.0. The number of nitrogens with zero attached hydrogens (tertiary/aromatic N) is 4. The fourth-order valence-corrected chi connectivity index (χ4v) is 4.34. The predicted molar refractivity (Wildman–Crippen MR) is 89.1 cm³/mol. The summed E-state index contributed by atoms with van der Waals surface area (Å²) in [5, 5.41) is 0.479. The molecule has 1 aliphatic rings. The van der Waals surface area contributed by atoms with E-state index in [4.69, 9.17) is 11.6 Å². The first-order valence-corrected chi connectivity index (χ1v) is 9.16. The third-order valence-electron chi connectivity index (χ3n) is 3.78. The Kier molecular flexibility index (Phi) is 4.79. The lowest BCUT2D eigenvalue weighted by atomic mass is 10.4. The second-order valence-corrected chi connectivity index (χ2v) is 7.60. The smallest absolute Gasteiger partial charge is 0.243 e. The van der Waals surface area contributed by atoms with Gasteiger partial charge in [-0.25, -0.2) is 18.4 Å². The number of benzene rings is 1. The van der Waals surface area contributed by atoms with Crippen molar-refractivity contribution in [1.82, 2.24) is 14.3 Å². The van der Waals surface area contributed by atoms with E-state index in [1.807, 2.05) is 4.90 Å². The molecule has 3 rings (SSSR count). The zero-order valence-corrected chi connectivity index (χ0v) is 14.0. The molecule has 23 heavy (non-hydrogen) atoms. The molecular formula is C15H17ClN4O2S. The van der Waals surface area contributed by atoms with Crippen molar-refractivity contribution in [3.05, 3.63) is 47.9 Å². The lowest BCUT2D eigenvalue weighted by molar-refractivity contribution is 0.433. The summed E-state index contributed by atoms with van der Waals surface area (Å²) in [6.07, 6.45) is 3.71. The number of hydrogen-bond acceptors (Lipinski definition) is 5. The minimum absolute atomic E-state index is 0.327. The van der Waals surface area contributed by atoms with Gasteiger partial charge >= 0.3 is 0 Å². The summed E-state index contributed by atoms with van der Waals surface area (Å²) in [7, 11) is -3.46. The van der Waals surface area contributed by atoms with E-state index in [-0.39, 0.29) is 0 Å². The summed E-state index contributed by atoms with van der Waals surface area (Å²) >= 11 is 6.13. The Morgan fingerprint density at radius 1 is 1.04 bits per heavy atom. The van der Waals surface area contributed by atoms with Crippen molar-refractivity contribution in [2.45, 2.75) is 11.3 Å². The SMILES string of the molecule is O=S(=O)(c1ccccc1)N1CCCN(c2ncncc2Cl)CC1. The van der Waals surface area contributed by atoms with E-state index in [1.54, 1.807) is 36.5 Å². The molecule has 1 saturated heterocycles. The lowest BCUT2D eigenvalue weighted by Gasteiger charge is -2.23. The Morgan fingerprint density at radius 3 is 2.57 bits per heavy atom. The molecule has 1 aromatic heterocycles. The molecule has 0 saturated carbocycles. The van der Waals surface area contributed by atoms with Gasteiger partial charge in [0.2, 0.25) is 10.0 Å².